The smallest absolute Gasteiger partial charge is 0.254 e. The number of hydrogen-bond acceptors (Lipinski definition) is 5. The number of fused-ring (bicyclic) bond motifs is 1. The third-order valence-electron chi connectivity index (χ3n) is 5.03. The lowest BCUT2D eigenvalue weighted by Gasteiger charge is -2.23. The molecule has 0 spiro atoms. The van der Waals surface area contributed by atoms with Gasteiger partial charge in [-0.25, -0.2) is 4.98 Å². The van der Waals surface area contributed by atoms with E-state index in [9.17, 15) is 4.79 Å². The number of aryl methyl sites for hydroxylation is 2. The zero-order chi connectivity index (χ0) is 22.0. The average molecular weight is 432 g/mol. The number of hydrogen-bond donors (Lipinski definition) is 1. The molecule has 1 amide bonds. The van der Waals surface area contributed by atoms with Crippen molar-refractivity contribution in [1.82, 2.24) is 19.9 Å². The molecule has 3 heterocycles. The zero-order valence-electron chi connectivity index (χ0n) is 17.3. The van der Waals surface area contributed by atoms with Crippen LogP contribution < -0.4 is 5.73 Å². The Morgan fingerprint density at radius 1 is 1.03 bits per heavy atom. The van der Waals surface area contributed by atoms with Gasteiger partial charge in [0, 0.05) is 36.1 Å². The Hall–Kier alpha value is -3.51. The summed E-state index contributed by atoms with van der Waals surface area (Å²) in [6.07, 6.45) is 5.16. The topological polar surface area (TPSA) is 85.0 Å². The van der Waals surface area contributed by atoms with Crippen LogP contribution in [0.5, 0.6) is 0 Å². The molecule has 0 aliphatic rings. The molecule has 4 rings (SSSR count). The minimum absolute atomic E-state index is 0.102. The van der Waals surface area contributed by atoms with Gasteiger partial charge in [0.05, 0.1) is 22.8 Å². The van der Waals surface area contributed by atoms with E-state index in [1.807, 2.05) is 44.2 Å². The van der Waals surface area contributed by atoms with Crippen LogP contribution in [0.2, 0.25) is 5.02 Å². The van der Waals surface area contributed by atoms with Gasteiger partial charge in [0.1, 0.15) is 5.82 Å². The van der Waals surface area contributed by atoms with Crippen molar-refractivity contribution in [3.63, 3.8) is 0 Å². The van der Waals surface area contributed by atoms with Crippen molar-refractivity contribution in [2.45, 2.75) is 26.9 Å². The average Bonchev–Trinajstić information content (AvgIpc) is 2.75. The molecule has 0 saturated carbocycles. The Kier molecular flexibility index (Phi) is 5.82. The largest absolute Gasteiger partial charge is 0.383 e. The number of nitrogens with two attached hydrogens (primary N) is 1. The molecule has 0 bridgehead atoms. The molecule has 1 aromatic carbocycles. The van der Waals surface area contributed by atoms with Crippen LogP contribution in [0.4, 0.5) is 5.82 Å². The predicted molar refractivity (Wildman–Crippen MR) is 123 cm³/mol. The fourth-order valence-corrected chi connectivity index (χ4v) is 3.54. The Morgan fingerprint density at radius 3 is 2.61 bits per heavy atom. The summed E-state index contributed by atoms with van der Waals surface area (Å²) < 4.78 is 0. The summed E-state index contributed by atoms with van der Waals surface area (Å²) in [5.74, 6) is 0.392. The molecule has 0 atom stereocenters. The highest BCUT2D eigenvalue weighted by molar-refractivity contribution is 6.30. The molecule has 0 unspecified atom stereocenters. The monoisotopic (exact) mass is 431 g/mol. The first-order chi connectivity index (χ1) is 14.9. The van der Waals surface area contributed by atoms with E-state index in [-0.39, 0.29) is 5.91 Å². The van der Waals surface area contributed by atoms with E-state index in [0.717, 1.165) is 33.3 Å². The number of amides is 1. The molecule has 6 nitrogen and oxygen atoms in total. The van der Waals surface area contributed by atoms with E-state index >= 15 is 0 Å². The van der Waals surface area contributed by atoms with Crippen molar-refractivity contribution in [3.8, 4) is 0 Å². The van der Waals surface area contributed by atoms with Crippen LogP contribution in [-0.4, -0.2) is 25.8 Å². The van der Waals surface area contributed by atoms with Crippen LogP contribution >= 0.6 is 11.6 Å². The molecule has 31 heavy (non-hydrogen) atoms. The molecular weight excluding hydrogens is 410 g/mol. The lowest BCUT2D eigenvalue weighted by atomic mass is 10.1. The van der Waals surface area contributed by atoms with Crippen molar-refractivity contribution < 1.29 is 4.79 Å². The second kappa shape index (κ2) is 8.70. The van der Waals surface area contributed by atoms with Crippen LogP contribution in [0, 0.1) is 13.8 Å². The Labute approximate surface area is 185 Å². The molecule has 0 saturated heterocycles. The number of rotatable bonds is 5. The van der Waals surface area contributed by atoms with Crippen molar-refractivity contribution in [3.05, 3.63) is 94.0 Å². The SMILES string of the molecule is Cc1cncc(CN(Cc2ccc(Cl)cn2)C(=O)c2ccc3nc(N)c(C)cc3c2)c1. The fraction of sp³-hybridized carbons (Fsp3) is 0.167. The standard InChI is InChI=1S/C24H22ClN5O/c1-15-7-17(11-27-10-15)13-30(14-21-5-4-20(25)12-28-21)24(31)18-3-6-22-19(9-18)8-16(2)23(26)29-22/h3-12H,13-14H2,1-2H3,(H2,26,29). The van der Waals surface area contributed by atoms with Gasteiger partial charge < -0.3 is 10.6 Å². The van der Waals surface area contributed by atoms with Gasteiger partial charge in [-0.3, -0.25) is 14.8 Å². The lowest BCUT2D eigenvalue weighted by Crippen LogP contribution is -2.30. The number of nitrogens with zero attached hydrogens (tertiary/aromatic N) is 4. The number of anilines is 1. The first-order valence-corrected chi connectivity index (χ1v) is 10.2. The first kappa shape index (κ1) is 20.8. The molecular formula is C24H22ClN5O. The summed E-state index contributed by atoms with van der Waals surface area (Å²) in [6.45, 7) is 4.64. The van der Waals surface area contributed by atoms with Crippen molar-refractivity contribution in [1.29, 1.82) is 0 Å². The van der Waals surface area contributed by atoms with Gasteiger partial charge in [0.2, 0.25) is 0 Å². The summed E-state index contributed by atoms with van der Waals surface area (Å²) in [5.41, 5.74) is 10.9. The van der Waals surface area contributed by atoms with Crippen molar-refractivity contribution in [2.75, 3.05) is 5.73 Å². The van der Waals surface area contributed by atoms with E-state index in [1.165, 1.54) is 0 Å². The molecule has 7 heteroatoms. The molecule has 3 aromatic heterocycles. The van der Waals surface area contributed by atoms with Gasteiger partial charge in [0.25, 0.3) is 5.91 Å². The maximum Gasteiger partial charge on any atom is 0.254 e. The number of carbonyl (C=O) groups excluding carboxylic acids is 1. The molecule has 0 aliphatic carbocycles. The van der Waals surface area contributed by atoms with Gasteiger partial charge in [-0.15, -0.1) is 0 Å². The number of benzene rings is 1. The fourth-order valence-electron chi connectivity index (χ4n) is 3.43. The van der Waals surface area contributed by atoms with E-state index in [4.69, 9.17) is 17.3 Å². The van der Waals surface area contributed by atoms with Gasteiger partial charge in [-0.1, -0.05) is 17.7 Å². The van der Waals surface area contributed by atoms with Crippen molar-refractivity contribution >= 4 is 34.2 Å². The van der Waals surface area contributed by atoms with Gasteiger partial charge >= 0.3 is 0 Å². The molecule has 0 radical (unpaired) electrons. The lowest BCUT2D eigenvalue weighted by molar-refractivity contribution is 0.0728. The molecule has 0 aliphatic heterocycles. The van der Waals surface area contributed by atoms with Crippen LogP contribution in [0.3, 0.4) is 0 Å². The highest BCUT2D eigenvalue weighted by Crippen LogP contribution is 2.21. The van der Waals surface area contributed by atoms with Crippen molar-refractivity contribution in [2.24, 2.45) is 0 Å². The summed E-state index contributed by atoms with van der Waals surface area (Å²) in [6, 6.07) is 13.0. The first-order valence-electron chi connectivity index (χ1n) is 9.86. The Bertz CT molecular complexity index is 1260. The van der Waals surface area contributed by atoms with Crippen LogP contribution in [-0.2, 0) is 13.1 Å². The third-order valence-corrected chi connectivity index (χ3v) is 5.25. The quantitative estimate of drug-likeness (QED) is 0.494. The molecule has 4 aromatic rings. The Balaban J connectivity index is 1.69. The normalized spacial score (nSPS) is 10.9. The van der Waals surface area contributed by atoms with Gasteiger partial charge in [-0.05, 0) is 66.9 Å². The maximum absolute atomic E-state index is 13.5. The summed E-state index contributed by atoms with van der Waals surface area (Å²) in [5, 5.41) is 1.43. The second-order valence-corrected chi connectivity index (χ2v) is 8.03. The van der Waals surface area contributed by atoms with Gasteiger partial charge in [0.15, 0.2) is 0 Å². The maximum atomic E-state index is 13.5. The number of halogens is 1. The Morgan fingerprint density at radius 2 is 1.87 bits per heavy atom. The second-order valence-electron chi connectivity index (χ2n) is 7.60. The van der Waals surface area contributed by atoms with Crippen LogP contribution in [0.25, 0.3) is 10.9 Å². The van der Waals surface area contributed by atoms with E-state index < -0.39 is 0 Å². The number of carbonyl (C=O) groups is 1. The third kappa shape index (κ3) is 4.81. The summed E-state index contributed by atoms with van der Waals surface area (Å²) in [4.78, 5) is 28.3. The van der Waals surface area contributed by atoms with Crippen LogP contribution in [0.15, 0.2) is 61.1 Å². The van der Waals surface area contributed by atoms with Gasteiger partial charge in [-0.2, -0.15) is 0 Å². The highest BCUT2D eigenvalue weighted by Gasteiger charge is 2.18. The number of aromatic nitrogens is 3. The summed E-state index contributed by atoms with van der Waals surface area (Å²) in [7, 11) is 0. The minimum Gasteiger partial charge on any atom is -0.383 e. The zero-order valence-corrected chi connectivity index (χ0v) is 18.1. The minimum atomic E-state index is -0.102. The number of pyridine rings is 3. The van der Waals surface area contributed by atoms with Crippen LogP contribution in [0.1, 0.15) is 32.7 Å². The highest BCUT2D eigenvalue weighted by atomic mass is 35.5. The van der Waals surface area contributed by atoms with E-state index in [2.05, 4.69) is 15.0 Å². The summed E-state index contributed by atoms with van der Waals surface area (Å²) >= 11 is 5.97. The molecule has 2 N–H and O–H groups in total. The predicted octanol–water partition coefficient (Wildman–Crippen LogP) is 4.72. The van der Waals surface area contributed by atoms with E-state index in [1.54, 1.807) is 35.6 Å². The number of nitrogen functional groups attached to an aromatic ring is 1. The van der Waals surface area contributed by atoms with E-state index in [0.29, 0.717) is 29.5 Å². The molecule has 156 valence electrons. The molecule has 0 fully saturated rings.